The van der Waals surface area contributed by atoms with Gasteiger partial charge < -0.3 is 5.32 Å². The Bertz CT molecular complexity index is 770. The van der Waals surface area contributed by atoms with Crippen LogP contribution in [-0.4, -0.2) is 27.8 Å². The fourth-order valence-electron chi connectivity index (χ4n) is 2.33. The second-order valence-corrected chi connectivity index (χ2v) is 6.40. The second-order valence-electron chi connectivity index (χ2n) is 5.46. The van der Waals surface area contributed by atoms with E-state index in [0.29, 0.717) is 29.1 Å². The number of aromatic nitrogens is 2. The van der Waals surface area contributed by atoms with E-state index in [-0.39, 0.29) is 17.2 Å². The minimum atomic E-state index is -0.105. The van der Waals surface area contributed by atoms with Gasteiger partial charge in [0, 0.05) is 13.1 Å². The Morgan fingerprint density at radius 3 is 2.92 bits per heavy atom. The number of fused-ring (bicyclic) bond motifs is 1. The van der Waals surface area contributed by atoms with Crippen LogP contribution in [0, 0.1) is 0 Å². The predicted molar refractivity (Wildman–Crippen MR) is 99.5 cm³/mol. The van der Waals surface area contributed by atoms with Gasteiger partial charge in [0.1, 0.15) is 0 Å². The first-order valence-electron chi connectivity index (χ1n) is 8.17. The van der Waals surface area contributed by atoms with Crippen LogP contribution in [0.3, 0.4) is 0 Å². The SMILES string of the molecule is C=CCn1c(SCC(=O)NCCCCC)nc2ccccc2c1=O. The monoisotopic (exact) mass is 345 g/mol. The summed E-state index contributed by atoms with van der Waals surface area (Å²) < 4.78 is 1.56. The van der Waals surface area contributed by atoms with Crippen molar-refractivity contribution in [2.45, 2.75) is 37.9 Å². The number of hydrogen-bond donors (Lipinski definition) is 1. The van der Waals surface area contributed by atoms with Gasteiger partial charge >= 0.3 is 0 Å². The summed E-state index contributed by atoms with van der Waals surface area (Å²) in [6.45, 7) is 6.89. The maximum absolute atomic E-state index is 12.6. The third kappa shape index (κ3) is 4.71. The maximum atomic E-state index is 12.6. The normalized spacial score (nSPS) is 10.7. The van der Waals surface area contributed by atoms with Crippen molar-refractivity contribution in [1.29, 1.82) is 0 Å². The Morgan fingerprint density at radius 1 is 1.38 bits per heavy atom. The lowest BCUT2D eigenvalue weighted by atomic mass is 10.2. The van der Waals surface area contributed by atoms with Crippen LogP contribution in [0.25, 0.3) is 10.9 Å². The first kappa shape index (κ1) is 18.3. The fraction of sp³-hybridized carbons (Fsp3) is 0.389. The van der Waals surface area contributed by atoms with Gasteiger partial charge in [-0.2, -0.15) is 0 Å². The van der Waals surface area contributed by atoms with Gasteiger partial charge in [-0.25, -0.2) is 4.98 Å². The molecule has 1 heterocycles. The minimum absolute atomic E-state index is 0.0383. The number of hydrogen-bond acceptors (Lipinski definition) is 4. The van der Waals surface area contributed by atoms with Crippen LogP contribution < -0.4 is 10.9 Å². The Balaban J connectivity index is 2.12. The van der Waals surface area contributed by atoms with E-state index in [1.807, 2.05) is 18.2 Å². The number of allylic oxidation sites excluding steroid dienone is 1. The molecule has 1 N–H and O–H groups in total. The third-order valence-electron chi connectivity index (χ3n) is 3.57. The molecule has 0 atom stereocenters. The largest absolute Gasteiger partial charge is 0.355 e. The maximum Gasteiger partial charge on any atom is 0.262 e. The zero-order chi connectivity index (χ0) is 17.4. The zero-order valence-corrected chi connectivity index (χ0v) is 14.8. The molecule has 24 heavy (non-hydrogen) atoms. The van der Waals surface area contributed by atoms with Crippen molar-refractivity contribution in [1.82, 2.24) is 14.9 Å². The molecular formula is C18H23N3O2S. The topological polar surface area (TPSA) is 64.0 Å². The van der Waals surface area contributed by atoms with Crippen LogP contribution >= 0.6 is 11.8 Å². The van der Waals surface area contributed by atoms with Gasteiger partial charge in [-0.1, -0.05) is 49.7 Å². The molecule has 0 aliphatic heterocycles. The van der Waals surface area contributed by atoms with E-state index in [4.69, 9.17) is 0 Å². The summed E-state index contributed by atoms with van der Waals surface area (Å²) in [6.07, 6.45) is 4.88. The van der Waals surface area contributed by atoms with Crippen LogP contribution in [0.1, 0.15) is 26.2 Å². The molecule has 128 valence electrons. The summed E-state index contributed by atoms with van der Waals surface area (Å²) in [5.74, 6) is 0.206. The minimum Gasteiger partial charge on any atom is -0.355 e. The Hall–Kier alpha value is -2.08. The van der Waals surface area contributed by atoms with Gasteiger partial charge in [-0.05, 0) is 18.6 Å². The molecule has 0 unspecified atom stereocenters. The van der Waals surface area contributed by atoms with E-state index >= 15 is 0 Å². The lowest BCUT2D eigenvalue weighted by Gasteiger charge is -2.11. The van der Waals surface area contributed by atoms with E-state index in [1.54, 1.807) is 16.7 Å². The fourth-order valence-corrected chi connectivity index (χ4v) is 3.17. The van der Waals surface area contributed by atoms with Gasteiger partial charge in [-0.15, -0.1) is 6.58 Å². The highest BCUT2D eigenvalue weighted by Gasteiger charge is 2.12. The van der Waals surface area contributed by atoms with Gasteiger partial charge in [0.05, 0.1) is 16.7 Å². The molecule has 1 amide bonds. The molecule has 0 radical (unpaired) electrons. The van der Waals surface area contributed by atoms with Crippen LogP contribution in [0.2, 0.25) is 0 Å². The standard InChI is InChI=1S/C18H23N3O2S/c1-3-5-8-11-19-16(22)13-24-18-20-15-10-7-6-9-14(15)17(23)21(18)12-4-2/h4,6-7,9-10H,2-3,5,8,11-13H2,1H3,(H,19,22). The molecule has 0 bridgehead atoms. The summed E-state index contributed by atoms with van der Waals surface area (Å²) in [7, 11) is 0. The number of para-hydroxylation sites is 1. The highest BCUT2D eigenvalue weighted by atomic mass is 32.2. The lowest BCUT2D eigenvalue weighted by molar-refractivity contribution is -0.118. The summed E-state index contributed by atoms with van der Waals surface area (Å²) in [5, 5.41) is 4.02. The van der Waals surface area contributed by atoms with E-state index in [1.165, 1.54) is 11.8 Å². The van der Waals surface area contributed by atoms with Gasteiger partial charge in [-0.3, -0.25) is 14.2 Å². The number of rotatable bonds is 9. The Morgan fingerprint density at radius 2 is 2.17 bits per heavy atom. The molecule has 1 aromatic heterocycles. The molecule has 1 aromatic carbocycles. The summed E-state index contributed by atoms with van der Waals surface area (Å²) in [5.41, 5.74) is 0.542. The summed E-state index contributed by atoms with van der Waals surface area (Å²) in [6, 6.07) is 7.24. The molecule has 0 aliphatic rings. The van der Waals surface area contributed by atoms with Crippen LogP contribution in [-0.2, 0) is 11.3 Å². The molecule has 2 rings (SSSR count). The second kappa shape index (κ2) is 9.27. The highest BCUT2D eigenvalue weighted by Crippen LogP contribution is 2.17. The number of nitrogens with zero attached hydrogens (tertiary/aromatic N) is 2. The number of nitrogens with one attached hydrogen (secondary N) is 1. The van der Waals surface area contributed by atoms with E-state index in [0.717, 1.165) is 19.3 Å². The van der Waals surface area contributed by atoms with Crippen LogP contribution in [0.5, 0.6) is 0 Å². The predicted octanol–water partition coefficient (Wildman–Crippen LogP) is 2.98. The van der Waals surface area contributed by atoms with Gasteiger partial charge in [0.2, 0.25) is 5.91 Å². The van der Waals surface area contributed by atoms with Crippen molar-refractivity contribution >= 4 is 28.6 Å². The van der Waals surface area contributed by atoms with Crippen molar-refractivity contribution in [3.05, 3.63) is 47.3 Å². The van der Waals surface area contributed by atoms with Crippen molar-refractivity contribution < 1.29 is 4.79 Å². The van der Waals surface area contributed by atoms with Crippen molar-refractivity contribution in [2.75, 3.05) is 12.3 Å². The summed E-state index contributed by atoms with van der Waals surface area (Å²) >= 11 is 1.28. The average Bonchev–Trinajstić information content (AvgIpc) is 2.60. The molecule has 6 heteroatoms. The number of thioether (sulfide) groups is 1. The van der Waals surface area contributed by atoms with E-state index < -0.39 is 0 Å². The number of amides is 1. The van der Waals surface area contributed by atoms with Gasteiger partial charge in [0.15, 0.2) is 5.16 Å². The number of unbranched alkanes of at least 4 members (excludes halogenated alkanes) is 2. The van der Waals surface area contributed by atoms with Crippen molar-refractivity contribution in [3.8, 4) is 0 Å². The van der Waals surface area contributed by atoms with Crippen LogP contribution in [0.4, 0.5) is 0 Å². The summed E-state index contributed by atoms with van der Waals surface area (Å²) in [4.78, 5) is 29.1. The zero-order valence-electron chi connectivity index (χ0n) is 14.0. The smallest absolute Gasteiger partial charge is 0.262 e. The molecule has 0 spiro atoms. The molecule has 0 saturated heterocycles. The highest BCUT2D eigenvalue weighted by molar-refractivity contribution is 7.99. The Kier molecular flexibility index (Phi) is 7.06. The number of carbonyl (C=O) groups is 1. The van der Waals surface area contributed by atoms with Crippen molar-refractivity contribution in [2.24, 2.45) is 0 Å². The average molecular weight is 345 g/mol. The Labute approximate surface area is 146 Å². The van der Waals surface area contributed by atoms with E-state index in [9.17, 15) is 9.59 Å². The molecule has 0 fully saturated rings. The van der Waals surface area contributed by atoms with Crippen molar-refractivity contribution in [3.63, 3.8) is 0 Å². The first-order chi connectivity index (χ1) is 11.7. The molecule has 5 nitrogen and oxygen atoms in total. The first-order valence-corrected chi connectivity index (χ1v) is 9.16. The molecule has 0 aliphatic carbocycles. The quantitative estimate of drug-likeness (QED) is 0.328. The van der Waals surface area contributed by atoms with E-state index in [2.05, 4.69) is 23.8 Å². The molecule has 0 saturated carbocycles. The lowest BCUT2D eigenvalue weighted by Crippen LogP contribution is -2.27. The molecular weight excluding hydrogens is 322 g/mol. The number of carbonyl (C=O) groups excluding carboxylic acids is 1. The van der Waals surface area contributed by atoms with Crippen LogP contribution in [0.15, 0.2) is 46.9 Å². The van der Waals surface area contributed by atoms with Gasteiger partial charge in [0.25, 0.3) is 5.56 Å². The third-order valence-corrected chi connectivity index (χ3v) is 4.55. The number of benzene rings is 1. The molecule has 2 aromatic rings.